The van der Waals surface area contributed by atoms with Crippen LogP contribution >= 0.6 is 23.1 Å². The second-order valence-electron chi connectivity index (χ2n) is 7.46. The van der Waals surface area contributed by atoms with Gasteiger partial charge in [-0.3, -0.25) is 9.59 Å². The molecule has 0 aliphatic rings. The van der Waals surface area contributed by atoms with Gasteiger partial charge in [-0.25, -0.2) is 0 Å². The van der Waals surface area contributed by atoms with E-state index in [1.165, 1.54) is 11.2 Å². The average molecular weight is 447 g/mol. The highest BCUT2D eigenvalue weighted by Gasteiger charge is 2.37. The molecule has 1 aromatic carbocycles. The fraction of sp³-hybridized carbons (Fsp3) is 0.333. The number of carbonyl (C=O) groups is 2. The fourth-order valence-electron chi connectivity index (χ4n) is 2.86. The third-order valence-corrected chi connectivity index (χ3v) is 5.73. The molecule has 3 aromatic rings. The van der Waals surface area contributed by atoms with Crippen LogP contribution in [0.3, 0.4) is 0 Å². The Morgan fingerprint density at radius 1 is 1.27 bits per heavy atom. The lowest BCUT2D eigenvalue weighted by Gasteiger charge is -2.33. The Labute approximate surface area is 184 Å². The quantitative estimate of drug-likeness (QED) is 0.551. The number of nitrogens with one attached hydrogen (secondary N) is 1. The summed E-state index contributed by atoms with van der Waals surface area (Å²) in [5.74, 6) is -0.432. The molecule has 7 nitrogen and oxygen atoms in total. The Hall–Kier alpha value is -2.71. The summed E-state index contributed by atoms with van der Waals surface area (Å²) in [5.41, 5.74) is 0.407. The maximum absolute atomic E-state index is 13.4. The van der Waals surface area contributed by atoms with Gasteiger partial charge in [0, 0.05) is 22.5 Å². The number of halogens is 1. The minimum atomic E-state index is -1.00. The molecule has 0 bridgehead atoms. The van der Waals surface area contributed by atoms with Gasteiger partial charge in [0.25, 0.3) is 11.8 Å². The summed E-state index contributed by atoms with van der Waals surface area (Å²) >= 11 is 7.42. The predicted octanol–water partition coefficient (Wildman–Crippen LogP) is 4.47. The molecule has 1 atom stereocenters. The first-order chi connectivity index (χ1) is 14.3. The molecule has 9 heteroatoms. The summed E-state index contributed by atoms with van der Waals surface area (Å²) in [6.45, 7) is 5.93. The lowest BCUT2D eigenvalue weighted by molar-refractivity contribution is -0.128. The van der Waals surface area contributed by atoms with Crippen molar-refractivity contribution in [2.75, 3.05) is 0 Å². The Balaban J connectivity index is 2.05. The van der Waals surface area contributed by atoms with Crippen LogP contribution in [0, 0.1) is 0 Å². The van der Waals surface area contributed by atoms with Crippen molar-refractivity contribution >= 4 is 34.9 Å². The molecular weight excluding hydrogens is 424 g/mol. The molecule has 0 aliphatic carbocycles. The van der Waals surface area contributed by atoms with Crippen molar-refractivity contribution in [3.63, 3.8) is 0 Å². The van der Waals surface area contributed by atoms with Crippen molar-refractivity contribution in [1.82, 2.24) is 19.8 Å². The third-order valence-electron chi connectivity index (χ3n) is 4.86. The molecule has 0 aliphatic heterocycles. The highest BCUT2D eigenvalue weighted by molar-refractivity contribution is 7.03. The molecule has 2 heterocycles. The van der Waals surface area contributed by atoms with Crippen LogP contribution in [0.1, 0.15) is 55.0 Å². The van der Waals surface area contributed by atoms with Crippen molar-refractivity contribution in [2.45, 2.75) is 45.3 Å². The predicted molar refractivity (Wildman–Crippen MR) is 115 cm³/mol. The monoisotopic (exact) mass is 446 g/mol. The zero-order chi connectivity index (χ0) is 21.7. The number of carbonyl (C=O) groups excluding carboxylic acids is 2. The van der Waals surface area contributed by atoms with Gasteiger partial charge in [0.1, 0.15) is 5.76 Å². The van der Waals surface area contributed by atoms with Crippen LogP contribution in [0.15, 0.2) is 52.5 Å². The fourth-order valence-corrected chi connectivity index (χ4v) is 3.48. The lowest BCUT2D eigenvalue weighted by atomic mass is 10.0. The molecule has 2 amide bonds. The molecule has 0 spiro atoms. The molecule has 0 radical (unpaired) electrons. The summed E-state index contributed by atoms with van der Waals surface area (Å²) in [6.07, 6.45) is 2.20. The maximum atomic E-state index is 13.4. The van der Waals surface area contributed by atoms with E-state index in [1.807, 2.05) is 39.0 Å². The molecule has 0 unspecified atom stereocenters. The van der Waals surface area contributed by atoms with Gasteiger partial charge < -0.3 is 14.6 Å². The van der Waals surface area contributed by atoms with E-state index < -0.39 is 17.5 Å². The SMILES string of the molecule is CCC(C)(C)NC(=O)[C@@H](c1ccco1)N(Cc1ccccc1Cl)C(=O)c1csnn1. The minimum Gasteiger partial charge on any atom is -0.467 e. The first-order valence-electron chi connectivity index (χ1n) is 9.49. The van der Waals surface area contributed by atoms with E-state index in [2.05, 4.69) is 14.9 Å². The van der Waals surface area contributed by atoms with Crippen LogP contribution in [0.4, 0.5) is 0 Å². The van der Waals surface area contributed by atoms with Gasteiger partial charge in [-0.2, -0.15) is 0 Å². The lowest BCUT2D eigenvalue weighted by Crippen LogP contribution is -2.50. The van der Waals surface area contributed by atoms with E-state index in [-0.39, 0.29) is 18.1 Å². The molecule has 1 N–H and O–H groups in total. The molecule has 158 valence electrons. The highest BCUT2D eigenvalue weighted by Crippen LogP contribution is 2.29. The second kappa shape index (κ2) is 9.40. The number of aromatic nitrogens is 2. The molecular formula is C21H23ClN4O3S. The van der Waals surface area contributed by atoms with Crippen molar-refractivity contribution < 1.29 is 14.0 Å². The van der Waals surface area contributed by atoms with E-state index >= 15 is 0 Å². The summed E-state index contributed by atoms with van der Waals surface area (Å²) in [6, 6.07) is 9.55. The van der Waals surface area contributed by atoms with Crippen molar-refractivity contribution in [3.8, 4) is 0 Å². The first-order valence-corrected chi connectivity index (χ1v) is 10.7. The Morgan fingerprint density at radius 3 is 2.63 bits per heavy atom. The van der Waals surface area contributed by atoms with Crippen LogP contribution in [0.25, 0.3) is 0 Å². The van der Waals surface area contributed by atoms with Crippen LogP contribution in [0.5, 0.6) is 0 Å². The van der Waals surface area contributed by atoms with Gasteiger partial charge in [0.15, 0.2) is 11.7 Å². The minimum absolute atomic E-state index is 0.0986. The van der Waals surface area contributed by atoms with E-state index in [9.17, 15) is 9.59 Å². The van der Waals surface area contributed by atoms with E-state index in [0.29, 0.717) is 16.3 Å². The van der Waals surface area contributed by atoms with Crippen LogP contribution < -0.4 is 5.32 Å². The molecule has 3 rings (SSSR count). The summed E-state index contributed by atoms with van der Waals surface area (Å²) < 4.78 is 9.34. The largest absolute Gasteiger partial charge is 0.467 e. The van der Waals surface area contributed by atoms with Gasteiger partial charge in [0.2, 0.25) is 0 Å². The van der Waals surface area contributed by atoms with Gasteiger partial charge in [-0.15, -0.1) is 5.10 Å². The highest BCUT2D eigenvalue weighted by atomic mass is 35.5. The summed E-state index contributed by atoms with van der Waals surface area (Å²) in [4.78, 5) is 28.2. The van der Waals surface area contributed by atoms with E-state index in [0.717, 1.165) is 18.0 Å². The second-order valence-corrected chi connectivity index (χ2v) is 8.48. The van der Waals surface area contributed by atoms with Crippen LogP contribution in [-0.2, 0) is 11.3 Å². The van der Waals surface area contributed by atoms with Crippen LogP contribution in [-0.4, -0.2) is 31.8 Å². The molecule has 0 fully saturated rings. The first kappa shape index (κ1) is 22.0. The van der Waals surface area contributed by atoms with E-state index in [1.54, 1.807) is 23.6 Å². The Morgan fingerprint density at radius 2 is 2.03 bits per heavy atom. The third kappa shape index (κ3) is 5.06. The zero-order valence-electron chi connectivity index (χ0n) is 17.0. The standard InChI is InChI=1S/C21H23ClN4O3S/c1-4-21(2,3)23-19(27)18(17-10-7-11-29-17)26(20(28)16-13-30-25-24-16)12-14-8-5-6-9-15(14)22/h5-11,13,18H,4,12H2,1-3H3,(H,23,27)/t18-/m1/s1. The van der Waals surface area contributed by atoms with Crippen molar-refractivity contribution in [3.05, 3.63) is 70.1 Å². The number of hydrogen-bond acceptors (Lipinski definition) is 6. The zero-order valence-corrected chi connectivity index (χ0v) is 18.5. The van der Waals surface area contributed by atoms with Crippen LogP contribution in [0.2, 0.25) is 5.02 Å². The van der Waals surface area contributed by atoms with E-state index in [4.69, 9.17) is 16.0 Å². The maximum Gasteiger partial charge on any atom is 0.276 e. The number of amides is 2. The Kier molecular flexibility index (Phi) is 6.89. The number of hydrogen-bond donors (Lipinski definition) is 1. The molecule has 0 saturated heterocycles. The summed E-state index contributed by atoms with van der Waals surface area (Å²) in [7, 11) is 0. The summed E-state index contributed by atoms with van der Waals surface area (Å²) in [5, 5.41) is 8.96. The van der Waals surface area contributed by atoms with Gasteiger partial charge in [-0.05, 0) is 55.6 Å². The molecule has 2 aromatic heterocycles. The average Bonchev–Trinajstić information content (AvgIpc) is 3.42. The van der Waals surface area contributed by atoms with Gasteiger partial charge in [0.05, 0.1) is 6.26 Å². The van der Waals surface area contributed by atoms with Gasteiger partial charge in [-0.1, -0.05) is 41.2 Å². The number of benzene rings is 1. The molecule has 30 heavy (non-hydrogen) atoms. The number of furan rings is 1. The number of rotatable bonds is 8. The normalized spacial score (nSPS) is 12.4. The van der Waals surface area contributed by atoms with Crippen molar-refractivity contribution in [1.29, 1.82) is 0 Å². The molecule has 0 saturated carbocycles. The number of nitrogens with zero attached hydrogens (tertiary/aromatic N) is 3. The van der Waals surface area contributed by atoms with Gasteiger partial charge >= 0.3 is 0 Å². The topological polar surface area (TPSA) is 88.3 Å². The smallest absolute Gasteiger partial charge is 0.276 e. The van der Waals surface area contributed by atoms with Crippen molar-refractivity contribution in [2.24, 2.45) is 0 Å². The Bertz CT molecular complexity index is 990.